The van der Waals surface area contributed by atoms with Crippen molar-refractivity contribution in [2.24, 2.45) is 0 Å². The van der Waals surface area contributed by atoms with Gasteiger partial charge < -0.3 is 20.1 Å². The molecule has 0 saturated carbocycles. The van der Waals surface area contributed by atoms with Crippen LogP contribution >= 0.6 is 0 Å². The molecule has 1 aliphatic rings. The van der Waals surface area contributed by atoms with Gasteiger partial charge in [0.15, 0.2) is 6.10 Å². The number of nitrogens with one attached hydrogen (secondary N) is 1. The molecule has 1 aromatic rings. The lowest BCUT2D eigenvalue weighted by molar-refractivity contribution is -0.149. The number of carboxylic acid groups (broad SMARTS) is 1. The van der Waals surface area contributed by atoms with Crippen molar-refractivity contribution in [1.82, 2.24) is 0 Å². The van der Waals surface area contributed by atoms with E-state index in [9.17, 15) is 4.79 Å². The van der Waals surface area contributed by atoms with Crippen molar-refractivity contribution in [3.05, 3.63) is 24.3 Å². The van der Waals surface area contributed by atoms with E-state index >= 15 is 0 Å². The molecule has 0 aliphatic carbocycles. The lowest BCUT2D eigenvalue weighted by Gasteiger charge is -2.21. The van der Waals surface area contributed by atoms with Gasteiger partial charge in [-0.3, -0.25) is 0 Å². The van der Waals surface area contributed by atoms with Gasteiger partial charge in [0.25, 0.3) is 0 Å². The van der Waals surface area contributed by atoms with Crippen LogP contribution in [0.25, 0.3) is 0 Å². The summed E-state index contributed by atoms with van der Waals surface area (Å²) in [6.07, 6.45) is 0.736. The number of carbonyl (C=O) groups is 1. The molecule has 5 heteroatoms. The first kappa shape index (κ1) is 15.6. The van der Waals surface area contributed by atoms with Crippen molar-refractivity contribution in [1.29, 1.82) is 0 Å². The predicted molar refractivity (Wildman–Crippen MR) is 84.0 cm³/mol. The number of aliphatic carboxylic acids is 1. The van der Waals surface area contributed by atoms with Gasteiger partial charge in [-0.05, 0) is 51.0 Å². The zero-order valence-corrected chi connectivity index (χ0v) is 12.7. The van der Waals surface area contributed by atoms with Gasteiger partial charge in [0, 0.05) is 31.0 Å². The fourth-order valence-corrected chi connectivity index (χ4v) is 2.65. The van der Waals surface area contributed by atoms with Gasteiger partial charge in [0.05, 0.1) is 6.10 Å². The van der Waals surface area contributed by atoms with Crippen molar-refractivity contribution in [2.45, 2.75) is 38.9 Å². The zero-order valence-electron chi connectivity index (χ0n) is 12.7. The van der Waals surface area contributed by atoms with Crippen LogP contribution in [0, 0.1) is 0 Å². The number of hydrogen-bond donors (Lipinski definition) is 2. The Balaban J connectivity index is 1.83. The number of carboxylic acids is 1. The average molecular weight is 292 g/mol. The minimum atomic E-state index is -0.860. The quantitative estimate of drug-likeness (QED) is 0.809. The highest BCUT2D eigenvalue weighted by Gasteiger charge is 2.30. The van der Waals surface area contributed by atoms with E-state index in [1.807, 2.05) is 0 Å². The summed E-state index contributed by atoms with van der Waals surface area (Å²) in [6, 6.07) is 8.31. The van der Waals surface area contributed by atoms with E-state index < -0.39 is 12.1 Å². The van der Waals surface area contributed by atoms with Gasteiger partial charge >= 0.3 is 5.97 Å². The van der Waals surface area contributed by atoms with Crippen LogP contribution in [-0.4, -0.2) is 42.9 Å². The van der Waals surface area contributed by atoms with Crippen LogP contribution in [0.4, 0.5) is 11.4 Å². The third-order valence-corrected chi connectivity index (χ3v) is 3.91. The number of benzene rings is 1. The fraction of sp³-hybridized carbons (Fsp3) is 0.562. The molecule has 1 aliphatic heterocycles. The van der Waals surface area contributed by atoms with Crippen LogP contribution in [0.15, 0.2) is 24.3 Å². The van der Waals surface area contributed by atoms with E-state index in [2.05, 4.69) is 48.3 Å². The Morgan fingerprint density at radius 1 is 1.29 bits per heavy atom. The number of nitrogens with zero attached hydrogens (tertiary/aromatic N) is 1. The Kier molecular flexibility index (Phi) is 5.44. The highest BCUT2D eigenvalue weighted by molar-refractivity contribution is 5.72. The molecule has 21 heavy (non-hydrogen) atoms. The molecule has 0 radical (unpaired) electrons. The molecule has 116 valence electrons. The molecule has 2 N–H and O–H groups in total. The third kappa shape index (κ3) is 4.11. The summed E-state index contributed by atoms with van der Waals surface area (Å²) in [5, 5.41) is 12.2. The van der Waals surface area contributed by atoms with Crippen LogP contribution in [0.2, 0.25) is 0 Å². The van der Waals surface area contributed by atoms with Crippen LogP contribution in [0.5, 0.6) is 0 Å². The lowest BCUT2D eigenvalue weighted by Crippen LogP contribution is -2.24. The largest absolute Gasteiger partial charge is 0.479 e. The van der Waals surface area contributed by atoms with E-state index in [0.29, 0.717) is 13.0 Å². The Hall–Kier alpha value is -1.75. The van der Waals surface area contributed by atoms with Crippen molar-refractivity contribution < 1.29 is 14.6 Å². The second kappa shape index (κ2) is 7.31. The minimum absolute atomic E-state index is 0.0199. The molecule has 2 unspecified atom stereocenters. The highest BCUT2D eigenvalue weighted by Crippen LogP contribution is 2.21. The number of ether oxygens (including phenoxy) is 1. The van der Waals surface area contributed by atoms with Gasteiger partial charge in [-0.2, -0.15) is 0 Å². The number of anilines is 2. The fourth-order valence-electron chi connectivity index (χ4n) is 2.65. The second-order valence-corrected chi connectivity index (χ2v) is 5.26. The SMILES string of the molecule is CCN(CC)c1ccc(NCC2CCC(C(=O)O)O2)cc1. The van der Waals surface area contributed by atoms with Crippen LogP contribution in [0.1, 0.15) is 26.7 Å². The normalized spacial score (nSPS) is 21.2. The minimum Gasteiger partial charge on any atom is -0.479 e. The highest BCUT2D eigenvalue weighted by atomic mass is 16.5. The van der Waals surface area contributed by atoms with E-state index in [1.54, 1.807) is 0 Å². The van der Waals surface area contributed by atoms with E-state index in [-0.39, 0.29) is 6.10 Å². The average Bonchev–Trinajstić information content (AvgIpc) is 2.97. The van der Waals surface area contributed by atoms with Crippen LogP contribution in [0.3, 0.4) is 0 Å². The van der Waals surface area contributed by atoms with Crippen LogP contribution < -0.4 is 10.2 Å². The maximum Gasteiger partial charge on any atom is 0.332 e. The summed E-state index contributed by atoms with van der Waals surface area (Å²) in [4.78, 5) is 13.1. The van der Waals surface area contributed by atoms with Crippen molar-refractivity contribution in [3.8, 4) is 0 Å². The van der Waals surface area contributed by atoms with Gasteiger partial charge in [0.1, 0.15) is 0 Å². The van der Waals surface area contributed by atoms with Crippen molar-refractivity contribution in [3.63, 3.8) is 0 Å². The summed E-state index contributed by atoms with van der Waals surface area (Å²) < 4.78 is 5.47. The number of hydrogen-bond acceptors (Lipinski definition) is 4. The van der Waals surface area contributed by atoms with Crippen molar-refractivity contribution >= 4 is 17.3 Å². The summed E-state index contributed by atoms with van der Waals surface area (Å²) in [5.41, 5.74) is 2.25. The summed E-state index contributed by atoms with van der Waals surface area (Å²) in [7, 11) is 0. The first-order valence-electron chi connectivity index (χ1n) is 7.61. The topological polar surface area (TPSA) is 61.8 Å². The molecular weight excluding hydrogens is 268 g/mol. The maximum absolute atomic E-state index is 10.8. The molecule has 1 fully saturated rings. The van der Waals surface area contributed by atoms with E-state index in [4.69, 9.17) is 9.84 Å². The Morgan fingerprint density at radius 2 is 1.95 bits per heavy atom. The molecule has 0 spiro atoms. The molecule has 0 amide bonds. The first-order valence-corrected chi connectivity index (χ1v) is 7.61. The Morgan fingerprint density at radius 3 is 2.48 bits per heavy atom. The molecule has 1 saturated heterocycles. The first-order chi connectivity index (χ1) is 10.1. The summed E-state index contributed by atoms with van der Waals surface area (Å²) in [5.74, 6) is -0.860. The molecule has 2 atom stereocenters. The zero-order chi connectivity index (χ0) is 15.2. The summed E-state index contributed by atoms with van der Waals surface area (Å²) >= 11 is 0. The maximum atomic E-state index is 10.8. The predicted octanol–water partition coefficient (Wildman–Crippen LogP) is 2.58. The van der Waals surface area contributed by atoms with Crippen molar-refractivity contribution in [2.75, 3.05) is 29.9 Å². The monoisotopic (exact) mass is 292 g/mol. The molecule has 0 bridgehead atoms. The lowest BCUT2D eigenvalue weighted by atomic mass is 10.2. The van der Waals surface area contributed by atoms with Gasteiger partial charge in [-0.25, -0.2) is 4.79 Å². The van der Waals surface area contributed by atoms with E-state index in [0.717, 1.165) is 25.2 Å². The number of rotatable bonds is 7. The summed E-state index contributed by atoms with van der Waals surface area (Å²) in [6.45, 7) is 6.93. The van der Waals surface area contributed by atoms with Gasteiger partial charge in [-0.1, -0.05) is 0 Å². The molecule has 2 rings (SSSR count). The Labute approximate surface area is 125 Å². The van der Waals surface area contributed by atoms with Gasteiger partial charge in [-0.15, -0.1) is 0 Å². The smallest absolute Gasteiger partial charge is 0.332 e. The second-order valence-electron chi connectivity index (χ2n) is 5.26. The van der Waals surface area contributed by atoms with Crippen LogP contribution in [-0.2, 0) is 9.53 Å². The molecule has 1 heterocycles. The Bertz CT molecular complexity index is 457. The molecule has 5 nitrogen and oxygen atoms in total. The third-order valence-electron chi connectivity index (χ3n) is 3.91. The van der Waals surface area contributed by atoms with Gasteiger partial charge in [0.2, 0.25) is 0 Å². The standard InChI is InChI=1S/C16H24N2O3/c1-3-18(4-2)13-7-5-12(6-8-13)17-11-14-9-10-15(21-14)16(19)20/h5-8,14-15,17H,3-4,9-11H2,1-2H3,(H,19,20). The van der Waals surface area contributed by atoms with E-state index in [1.165, 1.54) is 5.69 Å². The molecule has 1 aromatic carbocycles. The molecule has 0 aromatic heterocycles. The molecular formula is C16H24N2O3.